The molecular formula is C13H12FNO2. The van der Waals surface area contributed by atoms with Gasteiger partial charge in [0.25, 0.3) is 0 Å². The second-order valence-electron chi connectivity index (χ2n) is 3.65. The van der Waals surface area contributed by atoms with Crippen LogP contribution in [0.15, 0.2) is 36.5 Å². The fourth-order valence-electron chi connectivity index (χ4n) is 1.43. The molecule has 0 amide bonds. The van der Waals surface area contributed by atoms with Gasteiger partial charge in [-0.2, -0.15) is 0 Å². The molecule has 0 radical (unpaired) electrons. The highest BCUT2D eigenvalue weighted by Gasteiger charge is 2.06. The summed E-state index contributed by atoms with van der Waals surface area (Å²) in [6, 6.07) is 7.56. The molecule has 4 heteroatoms. The molecule has 1 heterocycles. The van der Waals surface area contributed by atoms with Crippen LogP contribution in [0.2, 0.25) is 0 Å². The van der Waals surface area contributed by atoms with Gasteiger partial charge in [0.05, 0.1) is 6.61 Å². The van der Waals surface area contributed by atoms with E-state index in [2.05, 4.69) is 4.98 Å². The third-order valence-electron chi connectivity index (χ3n) is 2.27. The molecule has 1 N–H and O–H groups in total. The lowest BCUT2D eigenvalue weighted by Crippen LogP contribution is -1.94. The van der Waals surface area contributed by atoms with E-state index in [0.29, 0.717) is 17.1 Å². The van der Waals surface area contributed by atoms with Gasteiger partial charge in [-0.05, 0) is 19.1 Å². The minimum atomic E-state index is -0.362. The number of aromatic nitrogens is 1. The molecular weight excluding hydrogens is 221 g/mol. The maximum Gasteiger partial charge on any atom is 0.136 e. The Kier molecular flexibility index (Phi) is 3.35. The van der Waals surface area contributed by atoms with E-state index in [1.165, 1.54) is 12.1 Å². The Balaban J connectivity index is 2.32. The van der Waals surface area contributed by atoms with E-state index < -0.39 is 0 Å². The van der Waals surface area contributed by atoms with Gasteiger partial charge < -0.3 is 9.84 Å². The molecule has 0 unspecified atom stereocenters. The van der Waals surface area contributed by atoms with Crippen molar-refractivity contribution in [1.82, 2.24) is 4.98 Å². The third kappa shape index (κ3) is 2.79. The van der Waals surface area contributed by atoms with E-state index in [9.17, 15) is 4.39 Å². The predicted molar refractivity (Wildman–Crippen MR) is 61.4 cm³/mol. The number of aryl methyl sites for hydroxylation is 1. The molecule has 0 aliphatic rings. The summed E-state index contributed by atoms with van der Waals surface area (Å²) in [7, 11) is 0. The molecule has 2 rings (SSSR count). The van der Waals surface area contributed by atoms with Crippen LogP contribution in [-0.2, 0) is 6.61 Å². The molecule has 17 heavy (non-hydrogen) atoms. The van der Waals surface area contributed by atoms with Crippen LogP contribution in [0.4, 0.5) is 4.39 Å². The fourth-order valence-corrected chi connectivity index (χ4v) is 1.43. The van der Waals surface area contributed by atoms with Crippen LogP contribution in [-0.4, -0.2) is 10.1 Å². The van der Waals surface area contributed by atoms with Crippen LogP contribution in [0.3, 0.4) is 0 Å². The van der Waals surface area contributed by atoms with Crippen LogP contribution in [0.1, 0.15) is 11.3 Å². The number of aliphatic hydroxyl groups is 1. The molecule has 0 aliphatic heterocycles. The molecule has 0 spiro atoms. The van der Waals surface area contributed by atoms with E-state index in [4.69, 9.17) is 9.84 Å². The normalized spacial score (nSPS) is 10.3. The van der Waals surface area contributed by atoms with Crippen molar-refractivity contribution in [3.63, 3.8) is 0 Å². The van der Waals surface area contributed by atoms with Crippen LogP contribution >= 0.6 is 0 Å². The minimum Gasteiger partial charge on any atom is -0.457 e. The summed E-state index contributed by atoms with van der Waals surface area (Å²) in [6.07, 6.45) is 1.55. The monoisotopic (exact) mass is 233 g/mol. The fraction of sp³-hybridized carbons (Fsp3) is 0.154. The zero-order valence-electron chi connectivity index (χ0n) is 9.35. The van der Waals surface area contributed by atoms with Gasteiger partial charge in [-0.3, -0.25) is 4.98 Å². The number of nitrogens with zero attached hydrogens (tertiary/aromatic N) is 1. The second kappa shape index (κ2) is 4.93. The van der Waals surface area contributed by atoms with Gasteiger partial charge in [-0.1, -0.05) is 6.07 Å². The Morgan fingerprint density at radius 1 is 1.35 bits per heavy atom. The molecule has 0 aliphatic carbocycles. The van der Waals surface area contributed by atoms with Crippen molar-refractivity contribution in [3.8, 4) is 11.5 Å². The summed E-state index contributed by atoms with van der Waals surface area (Å²) >= 11 is 0. The summed E-state index contributed by atoms with van der Waals surface area (Å²) < 4.78 is 18.5. The zero-order valence-corrected chi connectivity index (χ0v) is 9.35. The van der Waals surface area contributed by atoms with Gasteiger partial charge in [0.15, 0.2) is 0 Å². The first kappa shape index (κ1) is 11.5. The number of ether oxygens (including phenoxy) is 1. The Bertz CT molecular complexity index is 529. The van der Waals surface area contributed by atoms with Crippen LogP contribution in [0.5, 0.6) is 11.5 Å². The molecule has 0 fully saturated rings. The maximum atomic E-state index is 13.0. The van der Waals surface area contributed by atoms with Crippen LogP contribution < -0.4 is 4.74 Å². The van der Waals surface area contributed by atoms with Gasteiger partial charge in [-0.15, -0.1) is 0 Å². The van der Waals surface area contributed by atoms with Gasteiger partial charge in [0, 0.05) is 29.6 Å². The van der Waals surface area contributed by atoms with Crippen molar-refractivity contribution in [3.05, 3.63) is 53.6 Å². The molecule has 0 saturated carbocycles. The number of hydrogen-bond acceptors (Lipinski definition) is 3. The van der Waals surface area contributed by atoms with Crippen molar-refractivity contribution in [2.45, 2.75) is 13.5 Å². The first-order chi connectivity index (χ1) is 8.19. The lowest BCUT2D eigenvalue weighted by Gasteiger charge is -2.10. The number of hydrogen-bond donors (Lipinski definition) is 1. The average Bonchev–Trinajstić information content (AvgIpc) is 2.29. The van der Waals surface area contributed by atoms with Crippen LogP contribution in [0, 0.1) is 12.7 Å². The lowest BCUT2D eigenvalue weighted by molar-refractivity contribution is 0.276. The van der Waals surface area contributed by atoms with Gasteiger partial charge in [0.1, 0.15) is 17.3 Å². The Morgan fingerprint density at radius 3 is 2.88 bits per heavy atom. The van der Waals surface area contributed by atoms with Gasteiger partial charge in [-0.25, -0.2) is 4.39 Å². The first-order valence-electron chi connectivity index (χ1n) is 5.19. The van der Waals surface area contributed by atoms with E-state index in [0.717, 1.165) is 5.69 Å². The molecule has 3 nitrogen and oxygen atoms in total. The van der Waals surface area contributed by atoms with Crippen molar-refractivity contribution >= 4 is 0 Å². The average molecular weight is 233 g/mol. The van der Waals surface area contributed by atoms with Crippen molar-refractivity contribution in [1.29, 1.82) is 0 Å². The predicted octanol–water partition coefficient (Wildman–Crippen LogP) is 2.81. The molecule has 1 aromatic carbocycles. The smallest absolute Gasteiger partial charge is 0.136 e. The summed E-state index contributed by atoms with van der Waals surface area (Å²) in [4.78, 5) is 4.06. The Labute approximate surface area is 98.5 Å². The highest BCUT2D eigenvalue weighted by atomic mass is 19.1. The molecule has 1 aromatic heterocycles. The van der Waals surface area contributed by atoms with Gasteiger partial charge >= 0.3 is 0 Å². The number of rotatable bonds is 3. The lowest BCUT2D eigenvalue weighted by atomic mass is 10.2. The molecule has 0 saturated heterocycles. The van der Waals surface area contributed by atoms with E-state index in [1.807, 2.05) is 6.92 Å². The summed E-state index contributed by atoms with van der Waals surface area (Å²) in [5, 5.41) is 9.15. The first-order valence-corrected chi connectivity index (χ1v) is 5.19. The highest BCUT2D eigenvalue weighted by molar-refractivity contribution is 5.37. The second-order valence-corrected chi connectivity index (χ2v) is 3.65. The molecule has 88 valence electrons. The third-order valence-corrected chi connectivity index (χ3v) is 2.27. The Hall–Kier alpha value is -1.94. The molecule has 0 atom stereocenters. The quantitative estimate of drug-likeness (QED) is 0.886. The zero-order chi connectivity index (χ0) is 12.3. The van der Waals surface area contributed by atoms with Crippen molar-refractivity contribution in [2.24, 2.45) is 0 Å². The van der Waals surface area contributed by atoms with E-state index >= 15 is 0 Å². The number of pyridine rings is 1. The Morgan fingerprint density at radius 2 is 2.18 bits per heavy atom. The topological polar surface area (TPSA) is 42.4 Å². The maximum absolute atomic E-state index is 13.0. The number of benzene rings is 1. The van der Waals surface area contributed by atoms with E-state index in [1.54, 1.807) is 24.4 Å². The SMILES string of the molecule is Cc1cc(Oc2cccc(F)c2)c(CO)cn1. The van der Waals surface area contributed by atoms with Crippen LogP contribution in [0.25, 0.3) is 0 Å². The summed E-state index contributed by atoms with van der Waals surface area (Å²) in [5.74, 6) is 0.523. The van der Waals surface area contributed by atoms with Gasteiger partial charge in [0.2, 0.25) is 0 Å². The largest absolute Gasteiger partial charge is 0.457 e. The molecule has 0 bridgehead atoms. The summed E-state index contributed by atoms with van der Waals surface area (Å²) in [6.45, 7) is 1.65. The highest BCUT2D eigenvalue weighted by Crippen LogP contribution is 2.25. The van der Waals surface area contributed by atoms with E-state index in [-0.39, 0.29) is 12.4 Å². The van der Waals surface area contributed by atoms with Crippen molar-refractivity contribution in [2.75, 3.05) is 0 Å². The number of aliphatic hydroxyl groups excluding tert-OH is 1. The number of halogens is 1. The van der Waals surface area contributed by atoms with Crippen molar-refractivity contribution < 1.29 is 14.2 Å². The summed E-state index contributed by atoms with van der Waals surface area (Å²) in [5.41, 5.74) is 1.34. The minimum absolute atomic E-state index is 0.169. The molecule has 2 aromatic rings. The standard InChI is InChI=1S/C13H12FNO2/c1-9-5-13(10(8-16)7-15-9)17-12-4-2-3-11(14)6-12/h2-7,16H,8H2,1H3.